The lowest BCUT2D eigenvalue weighted by molar-refractivity contribution is -0.130. The predicted octanol–water partition coefficient (Wildman–Crippen LogP) is 5.32. The number of halogens is 1. The van der Waals surface area contributed by atoms with E-state index in [9.17, 15) is 14.0 Å². The second kappa shape index (κ2) is 16.1. The number of para-hydroxylation sites is 1. The number of allylic oxidation sites excluding steroid dienone is 2. The van der Waals surface area contributed by atoms with Crippen LogP contribution in [0, 0.1) is 29.5 Å². The lowest BCUT2D eigenvalue weighted by Crippen LogP contribution is -2.57. The van der Waals surface area contributed by atoms with E-state index in [0.717, 1.165) is 62.0 Å². The molecule has 7 nitrogen and oxygen atoms in total. The Bertz CT molecular complexity index is 1290. The van der Waals surface area contributed by atoms with E-state index in [4.69, 9.17) is 5.73 Å². The van der Waals surface area contributed by atoms with Crippen molar-refractivity contribution in [1.29, 1.82) is 0 Å². The third-order valence-electron chi connectivity index (χ3n) is 9.10. The van der Waals surface area contributed by atoms with Crippen LogP contribution in [-0.2, 0) is 22.4 Å². The lowest BCUT2D eigenvalue weighted by Gasteiger charge is -2.35. The number of benzene rings is 2. The zero-order valence-electron chi connectivity index (χ0n) is 26.9. The predicted molar refractivity (Wildman–Crippen MR) is 176 cm³/mol. The molecule has 8 heteroatoms. The number of rotatable bonds is 5. The quantitative estimate of drug-likeness (QED) is 0.317. The highest BCUT2D eigenvalue weighted by Crippen LogP contribution is 2.40. The fraction of sp³-hybridized carbons (Fsp3) is 0.556. The summed E-state index contributed by atoms with van der Waals surface area (Å²) in [7, 11) is 0. The molecule has 0 radical (unpaired) electrons. The van der Waals surface area contributed by atoms with Crippen molar-refractivity contribution in [2.45, 2.75) is 84.7 Å². The van der Waals surface area contributed by atoms with Crippen molar-refractivity contribution in [2.75, 3.05) is 25.0 Å². The minimum Gasteiger partial charge on any atom is -0.385 e. The largest absolute Gasteiger partial charge is 0.385 e. The van der Waals surface area contributed by atoms with Gasteiger partial charge in [0, 0.05) is 36.9 Å². The van der Waals surface area contributed by atoms with Gasteiger partial charge in [0.15, 0.2) is 0 Å². The second-order valence-electron chi connectivity index (χ2n) is 13.1. The molecule has 1 heterocycles. The van der Waals surface area contributed by atoms with Crippen molar-refractivity contribution in [1.82, 2.24) is 16.0 Å². The SMILES string of the molecule is CCC1C[C@@H](C)CNc2ccccc2CCCNC(=O)[C@H](CN)NC(=O)[C@@H](C(C)C)NC(=C2CC2)[C@H]1Cc1cccc(F)c1. The zero-order chi connectivity index (χ0) is 31.6. The van der Waals surface area contributed by atoms with E-state index in [1.807, 2.05) is 26.0 Å². The molecule has 5 atom stereocenters. The monoisotopic (exact) mass is 605 g/mol. The molecule has 4 rings (SSSR count). The molecule has 2 amide bonds. The van der Waals surface area contributed by atoms with E-state index in [-0.39, 0.29) is 36.0 Å². The minimum absolute atomic E-state index is 0.0150. The van der Waals surface area contributed by atoms with E-state index < -0.39 is 12.1 Å². The minimum atomic E-state index is -0.814. The molecule has 1 unspecified atom stereocenters. The van der Waals surface area contributed by atoms with Gasteiger partial charge in [-0.15, -0.1) is 0 Å². The summed E-state index contributed by atoms with van der Waals surface area (Å²) in [6, 6.07) is 13.9. The first-order valence-corrected chi connectivity index (χ1v) is 16.5. The molecule has 2 aromatic carbocycles. The Labute approximate surface area is 263 Å². The van der Waals surface area contributed by atoms with Gasteiger partial charge in [-0.25, -0.2) is 4.39 Å². The number of fused-ring (bicyclic) bond motifs is 1. The van der Waals surface area contributed by atoms with Gasteiger partial charge in [-0.3, -0.25) is 9.59 Å². The molecule has 2 aromatic rings. The van der Waals surface area contributed by atoms with E-state index in [0.29, 0.717) is 24.8 Å². The standard InChI is InChI=1S/C36H52FN5O2/c1-5-26-18-24(4)22-40-31-14-7-6-11-27(31)12-9-17-39-35(43)32(21-38)41-36(44)33(23(2)3)42-34(28-15-16-28)30(26)20-25-10-8-13-29(37)19-25/h6-8,10-11,13-14,19,23-24,26,30,32-33,40,42H,5,9,12,15-18,20-22,38H2,1-4H3,(H,39,43)(H,41,44)/t24-,26?,30+,32+,33-/m1/s1. The Balaban J connectivity index is 1.70. The number of carbonyl (C=O) groups is 2. The van der Waals surface area contributed by atoms with Crippen molar-refractivity contribution in [2.24, 2.45) is 29.4 Å². The van der Waals surface area contributed by atoms with E-state index >= 15 is 0 Å². The van der Waals surface area contributed by atoms with Gasteiger partial charge in [-0.05, 0) is 85.6 Å². The average Bonchev–Trinajstić information content (AvgIpc) is 3.84. The van der Waals surface area contributed by atoms with Gasteiger partial charge in [-0.1, -0.05) is 70.0 Å². The number of hydrogen-bond acceptors (Lipinski definition) is 5. The number of aryl methyl sites for hydroxylation is 1. The smallest absolute Gasteiger partial charge is 0.243 e. The molecule has 0 bridgehead atoms. The normalized spacial score (nSPS) is 25.8. The topological polar surface area (TPSA) is 108 Å². The van der Waals surface area contributed by atoms with Gasteiger partial charge in [-0.2, -0.15) is 0 Å². The number of anilines is 1. The molecular formula is C36H52FN5O2. The van der Waals surface area contributed by atoms with Gasteiger partial charge >= 0.3 is 0 Å². The fourth-order valence-electron chi connectivity index (χ4n) is 6.45. The first kappa shape index (κ1) is 33.5. The molecule has 0 aromatic heterocycles. The summed E-state index contributed by atoms with van der Waals surface area (Å²) in [5.41, 5.74) is 11.7. The molecule has 1 aliphatic heterocycles. The van der Waals surface area contributed by atoms with Gasteiger partial charge in [0.05, 0.1) is 0 Å². The number of nitrogens with one attached hydrogen (secondary N) is 4. The third-order valence-corrected chi connectivity index (χ3v) is 9.10. The van der Waals surface area contributed by atoms with Crippen molar-refractivity contribution in [3.63, 3.8) is 0 Å². The maximum atomic E-state index is 14.4. The summed E-state index contributed by atoms with van der Waals surface area (Å²) in [6.07, 6.45) is 6.23. The van der Waals surface area contributed by atoms with Gasteiger partial charge < -0.3 is 27.0 Å². The Hall–Kier alpha value is -3.39. The molecule has 1 saturated carbocycles. The second-order valence-corrected chi connectivity index (χ2v) is 13.1. The number of carbonyl (C=O) groups excluding carboxylic acids is 2. The Kier molecular flexibility index (Phi) is 12.2. The third kappa shape index (κ3) is 9.31. The Morgan fingerprint density at radius 2 is 1.75 bits per heavy atom. The molecule has 240 valence electrons. The first-order chi connectivity index (χ1) is 21.2. The number of nitrogens with two attached hydrogens (primary N) is 1. The van der Waals surface area contributed by atoms with Crippen LogP contribution >= 0.6 is 0 Å². The Morgan fingerprint density at radius 1 is 0.977 bits per heavy atom. The van der Waals surface area contributed by atoms with Crippen molar-refractivity contribution >= 4 is 17.5 Å². The van der Waals surface area contributed by atoms with Crippen LogP contribution in [0.4, 0.5) is 10.1 Å². The average molecular weight is 606 g/mol. The maximum Gasteiger partial charge on any atom is 0.243 e. The lowest BCUT2D eigenvalue weighted by atomic mass is 9.77. The van der Waals surface area contributed by atoms with Crippen LogP contribution in [0.3, 0.4) is 0 Å². The highest BCUT2D eigenvalue weighted by Gasteiger charge is 2.35. The van der Waals surface area contributed by atoms with Gasteiger partial charge in [0.2, 0.25) is 11.8 Å². The van der Waals surface area contributed by atoms with Crippen LogP contribution in [0.5, 0.6) is 0 Å². The van der Waals surface area contributed by atoms with Crippen molar-refractivity contribution < 1.29 is 14.0 Å². The Morgan fingerprint density at radius 3 is 2.43 bits per heavy atom. The molecule has 44 heavy (non-hydrogen) atoms. The molecule has 1 aliphatic carbocycles. The molecule has 1 fully saturated rings. The summed E-state index contributed by atoms with van der Waals surface area (Å²) in [6.45, 7) is 9.92. The number of amides is 2. The summed E-state index contributed by atoms with van der Waals surface area (Å²) in [5, 5.41) is 13.3. The molecule has 6 N–H and O–H groups in total. The summed E-state index contributed by atoms with van der Waals surface area (Å²) in [5.74, 6) is 0.0478. The zero-order valence-corrected chi connectivity index (χ0v) is 26.9. The summed E-state index contributed by atoms with van der Waals surface area (Å²) in [4.78, 5) is 26.8. The molecular weight excluding hydrogens is 553 g/mol. The highest BCUT2D eigenvalue weighted by atomic mass is 19.1. The summed E-state index contributed by atoms with van der Waals surface area (Å²) < 4.78 is 14.4. The van der Waals surface area contributed by atoms with Crippen LogP contribution in [0.25, 0.3) is 0 Å². The van der Waals surface area contributed by atoms with Crippen LogP contribution in [-0.4, -0.2) is 43.5 Å². The van der Waals surface area contributed by atoms with E-state index in [1.165, 1.54) is 17.2 Å². The van der Waals surface area contributed by atoms with E-state index in [2.05, 4.69) is 53.3 Å². The van der Waals surface area contributed by atoms with Crippen LogP contribution in [0.2, 0.25) is 0 Å². The molecule has 0 saturated heterocycles. The van der Waals surface area contributed by atoms with E-state index in [1.54, 1.807) is 12.1 Å². The highest BCUT2D eigenvalue weighted by molar-refractivity contribution is 5.90. The van der Waals surface area contributed by atoms with Crippen LogP contribution in [0.15, 0.2) is 59.8 Å². The van der Waals surface area contributed by atoms with Gasteiger partial charge in [0.1, 0.15) is 17.9 Å². The molecule has 2 aliphatic rings. The van der Waals surface area contributed by atoms with Gasteiger partial charge in [0.25, 0.3) is 0 Å². The van der Waals surface area contributed by atoms with Crippen molar-refractivity contribution in [3.05, 3.63) is 76.7 Å². The number of hydrogen-bond donors (Lipinski definition) is 5. The van der Waals surface area contributed by atoms with Crippen molar-refractivity contribution in [3.8, 4) is 0 Å². The summed E-state index contributed by atoms with van der Waals surface area (Å²) >= 11 is 0. The molecule has 0 spiro atoms. The van der Waals surface area contributed by atoms with Crippen LogP contribution in [0.1, 0.15) is 70.9 Å². The van der Waals surface area contributed by atoms with Crippen LogP contribution < -0.4 is 27.0 Å². The maximum absolute atomic E-state index is 14.4. The fourth-order valence-corrected chi connectivity index (χ4v) is 6.45. The first-order valence-electron chi connectivity index (χ1n) is 16.5.